The van der Waals surface area contributed by atoms with Crippen molar-refractivity contribution in [3.63, 3.8) is 0 Å². The van der Waals surface area contributed by atoms with E-state index in [2.05, 4.69) is 43.1 Å². The highest BCUT2D eigenvalue weighted by atomic mass is 16.5. The van der Waals surface area contributed by atoms with E-state index < -0.39 is 0 Å². The first-order valence-corrected chi connectivity index (χ1v) is 13.1. The molecule has 0 unspecified atom stereocenters. The van der Waals surface area contributed by atoms with Gasteiger partial charge in [-0.25, -0.2) is 4.79 Å². The molecule has 2 saturated carbocycles. The maximum absolute atomic E-state index is 12.6. The molecule has 1 aromatic carbocycles. The van der Waals surface area contributed by atoms with Crippen molar-refractivity contribution in [2.24, 2.45) is 28.6 Å². The Morgan fingerprint density at radius 3 is 2.56 bits per heavy atom. The van der Waals surface area contributed by atoms with Crippen molar-refractivity contribution < 1.29 is 9.53 Å². The lowest BCUT2D eigenvalue weighted by molar-refractivity contribution is -0.0306. The number of nitrogens with zero attached hydrogens (tertiary/aromatic N) is 1. The third kappa shape index (κ3) is 3.39. The zero-order chi connectivity index (χ0) is 23.3. The summed E-state index contributed by atoms with van der Waals surface area (Å²) in [5.74, 6) is 2.00. The molecule has 6 rings (SSSR count). The van der Waals surface area contributed by atoms with Crippen LogP contribution in [0.25, 0.3) is 5.57 Å². The number of ether oxygens (including phenoxy) is 1. The fourth-order valence-corrected chi connectivity index (χ4v) is 8.06. The Balaban J connectivity index is 1.20. The minimum atomic E-state index is -0.183. The van der Waals surface area contributed by atoms with Crippen LogP contribution in [0.1, 0.15) is 74.7 Å². The van der Waals surface area contributed by atoms with Gasteiger partial charge in [-0.15, -0.1) is 0 Å². The van der Waals surface area contributed by atoms with E-state index in [1.807, 2.05) is 42.7 Å². The average molecular weight is 454 g/mol. The van der Waals surface area contributed by atoms with E-state index >= 15 is 0 Å². The fourth-order valence-electron chi connectivity index (χ4n) is 8.06. The van der Waals surface area contributed by atoms with Crippen LogP contribution < -0.4 is 0 Å². The first-order valence-electron chi connectivity index (χ1n) is 13.1. The molecule has 0 amide bonds. The molecule has 0 spiro atoms. The third-order valence-electron chi connectivity index (χ3n) is 9.90. The summed E-state index contributed by atoms with van der Waals surface area (Å²) in [6.07, 6.45) is 16.9. The summed E-state index contributed by atoms with van der Waals surface area (Å²) in [5.41, 5.74) is 5.54. The summed E-state index contributed by atoms with van der Waals surface area (Å²) in [6.45, 7) is 5.03. The number of aromatic nitrogens is 1. The first kappa shape index (κ1) is 21.8. The van der Waals surface area contributed by atoms with Crippen molar-refractivity contribution in [3.05, 3.63) is 83.7 Å². The van der Waals surface area contributed by atoms with Crippen LogP contribution in [0.3, 0.4) is 0 Å². The van der Waals surface area contributed by atoms with Crippen LogP contribution in [0.5, 0.6) is 0 Å². The molecule has 3 heteroatoms. The van der Waals surface area contributed by atoms with Gasteiger partial charge in [0, 0.05) is 18.8 Å². The number of allylic oxidation sites excluding steroid dienone is 3. The van der Waals surface area contributed by atoms with Gasteiger partial charge in [-0.05, 0) is 96.4 Å². The average Bonchev–Trinajstić information content (AvgIpc) is 3.22. The molecule has 0 N–H and O–H groups in total. The predicted octanol–water partition coefficient (Wildman–Crippen LogP) is 7.26. The van der Waals surface area contributed by atoms with Crippen LogP contribution in [0, 0.1) is 28.6 Å². The SMILES string of the molecule is C[C@]12CC[C@H](OC(=O)c3ccccc3)CC1=CC[C@@H]1[C@@H]2CC[C@]2(C)C(c3cccnc3)=CC[C@@H]12. The fraction of sp³-hybridized carbons (Fsp3) is 0.484. The van der Waals surface area contributed by atoms with Gasteiger partial charge < -0.3 is 4.74 Å². The van der Waals surface area contributed by atoms with E-state index in [9.17, 15) is 4.79 Å². The van der Waals surface area contributed by atoms with Gasteiger partial charge in [0.25, 0.3) is 0 Å². The second-order valence-corrected chi connectivity index (χ2v) is 11.4. The molecule has 1 aromatic heterocycles. The van der Waals surface area contributed by atoms with Gasteiger partial charge in [0.05, 0.1) is 5.56 Å². The molecule has 4 aliphatic rings. The lowest BCUT2D eigenvalue weighted by atomic mass is 9.47. The van der Waals surface area contributed by atoms with Gasteiger partial charge in [0.2, 0.25) is 0 Å². The summed E-state index contributed by atoms with van der Waals surface area (Å²) in [6, 6.07) is 13.7. The van der Waals surface area contributed by atoms with Crippen LogP contribution in [-0.2, 0) is 4.74 Å². The summed E-state index contributed by atoms with van der Waals surface area (Å²) in [7, 11) is 0. The van der Waals surface area contributed by atoms with E-state index in [0.29, 0.717) is 11.5 Å². The molecular formula is C31H35NO2. The van der Waals surface area contributed by atoms with E-state index in [0.717, 1.165) is 31.1 Å². The standard InChI is InChI=1S/C31H35NO2/c1-30-16-14-24(34-29(33)21-7-4-3-5-8-21)19-23(30)10-11-25-27-13-12-26(22-9-6-18-32-20-22)31(27,2)17-15-28(25)30/h3-10,12,18,20,24-25,27-28H,11,13-17,19H2,1-2H3/t24-,25-,27-,28-,30-,31+/m0/s1. The largest absolute Gasteiger partial charge is 0.458 e. The molecule has 2 aromatic rings. The number of pyridine rings is 1. The van der Waals surface area contributed by atoms with Crippen molar-refractivity contribution >= 4 is 11.5 Å². The highest BCUT2D eigenvalue weighted by molar-refractivity contribution is 5.89. The van der Waals surface area contributed by atoms with Crippen LogP contribution in [0.15, 0.2) is 72.6 Å². The molecule has 0 radical (unpaired) electrons. The number of fused-ring (bicyclic) bond motifs is 5. The molecule has 0 saturated heterocycles. The molecule has 6 atom stereocenters. The lowest BCUT2D eigenvalue weighted by Crippen LogP contribution is -2.50. The van der Waals surface area contributed by atoms with Crippen molar-refractivity contribution in [1.29, 1.82) is 0 Å². The quantitative estimate of drug-likeness (QED) is 0.362. The third-order valence-corrected chi connectivity index (χ3v) is 9.90. The lowest BCUT2D eigenvalue weighted by Gasteiger charge is -2.57. The van der Waals surface area contributed by atoms with Gasteiger partial charge >= 0.3 is 5.97 Å². The van der Waals surface area contributed by atoms with Crippen LogP contribution in [0.4, 0.5) is 0 Å². The zero-order valence-corrected chi connectivity index (χ0v) is 20.4. The Labute approximate surface area is 203 Å². The number of carbonyl (C=O) groups excluding carboxylic acids is 1. The second-order valence-electron chi connectivity index (χ2n) is 11.4. The number of hydrogen-bond acceptors (Lipinski definition) is 3. The molecule has 34 heavy (non-hydrogen) atoms. The summed E-state index contributed by atoms with van der Waals surface area (Å²) in [4.78, 5) is 17.0. The number of rotatable bonds is 3. The Kier molecular flexibility index (Phi) is 5.28. The smallest absolute Gasteiger partial charge is 0.338 e. The second kappa shape index (κ2) is 8.22. The summed E-state index contributed by atoms with van der Waals surface area (Å²) < 4.78 is 5.96. The number of esters is 1. The first-order chi connectivity index (χ1) is 16.5. The molecule has 0 aliphatic heterocycles. The normalized spacial score (nSPS) is 36.4. The van der Waals surface area contributed by atoms with E-state index in [1.54, 1.807) is 5.57 Å². The minimum absolute atomic E-state index is 0.00256. The zero-order valence-electron chi connectivity index (χ0n) is 20.4. The minimum Gasteiger partial charge on any atom is -0.458 e. The van der Waals surface area contributed by atoms with Crippen LogP contribution in [0.2, 0.25) is 0 Å². The van der Waals surface area contributed by atoms with Gasteiger partial charge in [-0.3, -0.25) is 4.98 Å². The van der Waals surface area contributed by atoms with E-state index in [4.69, 9.17) is 4.74 Å². The highest BCUT2D eigenvalue weighted by Crippen LogP contribution is 2.66. The summed E-state index contributed by atoms with van der Waals surface area (Å²) >= 11 is 0. The Bertz CT molecular complexity index is 1140. The Hall–Kier alpha value is -2.68. The topological polar surface area (TPSA) is 39.2 Å². The van der Waals surface area contributed by atoms with Crippen LogP contribution in [-0.4, -0.2) is 17.1 Å². The monoisotopic (exact) mass is 453 g/mol. The van der Waals surface area contributed by atoms with Gasteiger partial charge in [-0.2, -0.15) is 0 Å². The Morgan fingerprint density at radius 2 is 1.76 bits per heavy atom. The molecule has 176 valence electrons. The number of carbonyl (C=O) groups is 1. The van der Waals surface area contributed by atoms with Crippen molar-refractivity contribution in [1.82, 2.24) is 4.98 Å². The molecule has 1 heterocycles. The van der Waals surface area contributed by atoms with Gasteiger partial charge in [0.15, 0.2) is 0 Å². The maximum atomic E-state index is 12.6. The molecule has 3 nitrogen and oxygen atoms in total. The highest BCUT2D eigenvalue weighted by Gasteiger charge is 2.57. The Morgan fingerprint density at radius 1 is 0.941 bits per heavy atom. The van der Waals surface area contributed by atoms with E-state index in [1.165, 1.54) is 36.8 Å². The maximum Gasteiger partial charge on any atom is 0.338 e. The molecule has 2 fully saturated rings. The van der Waals surface area contributed by atoms with Crippen molar-refractivity contribution in [2.45, 2.75) is 64.9 Å². The van der Waals surface area contributed by atoms with Crippen LogP contribution >= 0.6 is 0 Å². The number of hydrogen-bond donors (Lipinski definition) is 0. The number of benzene rings is 1. The molecule has 0 bridgehead atoms. The molecule has 4 aliphatic carbocycles. The van der Waals surface area contributed by atoms with Crippen molar-refractivity contribution in [3.8, 4) is 0 Å². The van der Waals surface area contributed by atoms with E-state index in [-0.39, 0.29) is 22.9 Å². The molecular weight excluding hydrogens is 418 g/mol. The van der Waals surface area contributed by atoms with Gasteiger partial charge in [-0.1, -0.05) is 55.8 Å². The summed E-state index contributed by atoms with van der Waals surface area (Å²) in [5, 5.41) is 0. The van der Waals surface area contributed by atoms with Gasteiger partial charge in [0.1, 0.15) is 6.10 Å². The van der Waals surface area contributed by atoms with Crippen molar-refractivity contribution in [2.75, 3.05) is 0 Å². The predicted molar refractivity (Wildman–Crippen MR) is 135 cm³/mol.